The molecule has 1 amide bonds. The molecule has 0 spiro atoms. The van der Waals surface area contributed by atoms with Gasteiger partial charge in [-0.2, -0.15) is 0 Å². The molecule has 0 aliphatic rings. The number of aldehydes is 1. The number of hydrogen-bond donors (Lipinski definition) is 2. The molecule has 15 heavy (non-hydrogen) atoms. The highest BCUT2D eigenvalue weighted by molar-refractivity contribution is 6.03. The Morgan fingerprint density at radius 3 is 2.53 bits per heavy atom. The molecule has 5 nitrogen and oxygen atoms in total. The van der Waals surface area contributed by atoms with Gasteiger partial charge in [-0.15, -0.1) is 0 Å². The average Bonchev–Trinajstić information content (AvgIpc) is 2.16. The maximum atomic E-state index is 10.8. The first kappa shape index (κ1) is 10.9. The van der Waals surface area contributed by atoms with Gasteiger partial charge in [-0.1, -0.05) is 6.07 Å². The first-order chi connectivity index (χ1) is 7.06. The minimum absolute atomic E-state index is 0.0276. The molecule has 0 saturated carbocycles. The molecule has 1 aromatic rings. The molecular weight excluding hydrogens is 198 g/mol. The van der Waals surface area contributed by atoms with E-state index in [0.717, 1.165) is 0 Å². The van der Waals surface area contributed by atoms with Crippen molar-refractivity contribution in [1.29, 1.82) is 0 Å². The summed E-state index contributed by atoms with van der Waals surface area (Å²) < 4.78 is 0. The number of amides is 1. The normalized spacial score (nSPS) is 9.40. The van der Waals surface area contributed by atoms with Crippen molar-refractivity contribution >= 4 is 23.9 Å². The fourth-order valence-corrected chi connectivity index (χ4v) is 1.18. The Kier molecular flexibility index (Phi) is 3.17. The lowest BCUT2D eigenvalue weighted by molar-refractivity contribution is -0.114. The molecule has 2 N–H and O–H groups in total. The van der Waals surface area contributed by atoms with Gasteiger partial charge in [0.2, 0.25) is 5.91 Å². The molecular formula is C10H9NO4. The van der Waals surface area contributed by atoms with Crippen LogP contribution in [0.5, 0.6) is 0 Å². The summed E-state index contributed by atoms with van der Waals surface area (Å²) >= 11 is 0. The molecule has 0 heterocycles. The zero-order valence-corrected chi connectivity index (χ0v) is 7.98. The number of carbonyl (C=O) groups excluding carboxylic acids is 2. The monoisotopic (exact) mass is 207 g/mol. The SMILES string of the molecule is CC(=O)Nc1cccc(C(=O)O)c1C=O. The van der Waals surface area contributed by atoms with Crippen LogP contribution in [0.3, 0.4) is 0 Å². The van der Waals surface area contributed by atoms with Gasteiger partial charge in [0.15, 0.2) is 6.29 Å². The second-order valence-electron chi connectivity index (χ2n) is 2.87. The summed E-state index contributed by atoms with van der Waals surface area (Å²) in [6.45, 7) is 1.28. The van der Waals surface area contributed by atoms with Gasteiger partial charge in [-0.3, -0.25) is 9.59 Å². The van der Waals surface area contributed by atoms with Crippen molar-refractivity contribution < 1.29 is 19.5 Å². The number of carboxylic acids is 1. The second kappa shape index (κ2) is 4.36. The predicted octanol–water partition coefficient (Wildman–Crippen LogP) is 1.16. The summed E-state index contributed by atoms with van der Waals surface area (Å²) in [5.74, 6) is -1.56. The largest absolute Gasteiger partial charge is 0.478 e. The molecule has 0 unspecified atom stereocenters. The van der Waals surface area contributed by atoms with E-state index in [1.54, 1.807) is 0 Å². The number of anilines is 1. The van der Waals surface area contributed by atoms with Crippen LogP contribution in [-0.4, -0.2) is 23.3 Å². The van der Waals surface area contributed by atoms with Gasteiger partial charge in [0.05, 0.1) is 16.8 Å². The molecule has 0 fully saturated rings. The Morgan fingerprint density at radius 2 is 2.07 bits per heavy atom. The highest BCUT2D eigenvalue weighted by Gasteiger charge is 2.13. The lowest BCUT2D eigenvalue weighted by Gasteiger charge is -2.07. The summed E-state index contributed by atoms with van der Waals surface area (Å²) in [5, 5.41) is 11.2. The second-order valence-corrected chi connectivity index (χ2v) is 2.87. The third-order valence-corrected chi connectivity index (χ3v) is 1.77. The number of carbonyl (C=O) groups is 3. The van der Waals surface area contributed by atoms with Crippen molar-refractivity contribution in [2.24, 2.45) is 0 Å². The lowest BCUT2D eigenvalue weighted by atomic mass is 10.1. The fraction of sp³-hybridized carbons (Fsp3) is 0.100. The number of aromatic carboxylic acids is 1. The van der Waals surface area contributed by atoms with Gasteiger partial charge in [0.25, 0.3) is 0 Å². The van der Waals surface area contributed by atoms with Crippen LogP contribution in [0.25, 0.3) is 0 Å². The van der Waals surface area contributed by atoms with E-state index in [1.165, 1.54) is 25.1 Å². The van der Waals surface area contributed by atoms with Crippen LogP contribution in [0.4, 0.5) is 5.69 Å². The summed E-state index contributed by atoms with van der Waals surface area (Å²) in [5.41, 5.74) is 0.0499. The van der Waals surface area contributed by atoms with Crippen LogP contribution in [0.1, 0.15) is 27.6 Å². The molecule has 0 bridgehead atoms. The molecule has 0 atom stereocenters. The number of nitrogens with one attached hydrogen (secondary N) is 1. The van der Waals surface area contributed by atoms with Crippen LogP contribution < -0.4 is 5.32 Å². The van der Waals surface area contributed by atoms with Crippen molar-refractivity contribution in [1.82, 2.24) is 0 Å². The van der Waals surface area contributed by atoms with Crippen LogP contribution in [0, 0.1) is 0 Å². The topological polar surface area (TPSA) is 83.5 Å². The maximum absolute atomic E-state index is 10.8. The Bertz CT molecular complexity index is 425. The Labute approximate surface area is 85.7 Å². The maximum Gasteiger partial charge on any atom is 0.336 e. The molecule has 0 radical (unpaired) electrons. The Balaban J connectivity index is 3.27. The number of benzene rings is 1. The van der Waals surface area contributed by atoms with Gasteiger partial charge in [-0.05, 0) is 12.1 Å². The van der Waals surface area contributed by atoms with Crippen molar-refractivity contribution in [2.75, 3.05) is 5.32 Å². The molecule has 0 aliphatic heterocycles. The lowest BCUT2D eigenvalue weighted by Crippen LogP contribution is -2.11. The molecule has 1 rings (SSSR count). The number of rotatable bonds is 3. The molecule has 0 aromatic heterocycles. The fourth-order valence-electron chi connectivity index (χ4n) is 1.18. The van der Waals surface area contributed by atoms with E-state index >= 15 is 0 Å². The van der Waals surface area contributed by atoms with Crippen LogP contribution >= 0.6 is 0 Å². The average molecular weight is 207 g/mol. The number of carboxylic acid groups (broad SMARTS) is 1. The van der Waals surface area contributed by atoms with Crippen molar-refractivity contribution in [3.8, 4) is 0 Å². The van der Waals surface area contributed by atoms with Gasteiger partial charge < -0.3 is 10.4 Å². The van der Waals surface area contributed by atoms with Gasteiger partial charge >= 0.3 is 5.97 Å². The zero-order valence-electron chi connectivity index (χ0n) is 7.98. The van der Waals surface area contributed by atoms with E-state index in [9.17, 15) is 14.4 Å². The van der Waals surface area contributed by atoms with E-state index in [4.69, 9.17) is 5.11 Å². The third kappa shape index (κ3) is 2.40. The van der Waals surface area contributed by atoms with E-state index in [-0.39, 0.29) is 22.7 Å². The minimum atomic E-state index is -1.20. The summed E-state index contributed by atoms with van der Waals surface area (Å²) in [6.07, 6.45) is 0.411. The van der Waals surface area contributed by atoms with Crippen molar-refractivity contribution in [3.63, 3.8) is 0 Å². The molecule has 78 valence electrons. The molecule has 5 heteroatoms. The van der Waals surface area contributed by atoms with Crippen LogP contribution in [0.2, 0.25) is 0 Å². The Morgan fingerprint density at radius 1 is 1.40 bits per heavy atom. The van der Waals surface area contributed by atoms with Crippen molar-refractivity contribution in [2.45, 2.75) is 6.92 Å². The van der Waals surface area contributed by atoms with Gasteiger partial charge in [0, 0.05) is 6.92 Å². The standard InChI is InChI=1S/C10H9NO4/c1-6(13)11-9-4-2-3-7(10(14)15)8(9)5-12/h2-5H,1H3,(H,11,13)(H,14,15). The summed E-state index contributed by atoms with van der Waals surface area (Å²) in [7, 11) is 0. The highest BCUT2D eigenvalue weighted by Crippen LogP contribution is 2.18. The molecule has 0 saturated heterocycles. The highest BCUT2D eigenvalue weighted by atomic mass is 16.4. The van der Waals surface area contributed by atoms with E-state index in [2.05, 4.69) is 5.32 Å². The zero-order chi connectivity index (χ0) is 11.4. The van der Waals surface area contributed by atoms with Crippen LogP contribution in [0.15, 0.2) is 18.2 Å². The number of hydrogen-bond acceptors (Lipinski definition) is 3. The quantitative estimate of drug-likeness (QED) is 0.728. The summed E-state index contributed by atoms with van der Waals surface area (Å²) in [6, 6.07) is 4.23. The first-order valence-electron chi connectivity index (χ1n) is 4.15. The van der Waals surface area contributed by atoms with Crippen LogP contribution in [-0.2, 0) is 4.79 Å². The van der Waals surface area contributed by atoms with E-state index in [1.807, 2.05) is 0 Å². The minimum Gasteiger partial charge on any atom is -0.478 e. The van der Waals surface area contributed by atoms with Gasteiger partial charge in [0.1, 0.15) is 0 Å². The molecule has 1 aromatic carbocycles. The smallest absolute Gasteiger partial charge is 0.336 e. The summed E-state index contributed by atoms with van der Waals surface area (Å²) in [4.78, 5) is 32.3. The third-order valence-electron chi connectivity index (χ3n) is 1.77. The van der Waals surface area contributed by atoms with E-state index in [0.29, 0.717) is 6.29 Å². The van der Waals surface area contributed by atoms with Crippen molar-refractivity contribution in [3.05, 3.63) is 29.3 Å². The first-order valence-corrected chi connectivity index (χ1v) is 4.15. The molecule has 0 aliphatic carbocycles. The Hall–Kier alpha value is -2.17. The van der Waals surface area contributed by atoms with Gasteiger partial charge in [-0.25, -0.2) is 4.79 Å². The predicted molar refractivity (Wildman–Crippen MR) is 53.1 cm³/mol. The van der Waals surface area contributed by atoms with E-state index < -0.39 is 5.97 Å².